The molecule has 0 aromatic carbocycles. The summed E-state index contributed by atoms with van der Waals surface area (Å²) < 4.78 is 0. The van der Waals surface area contributed by atoms with Gasteiger partial charge in [0.2, 0.25) is 5.91 Å². The van der Waals surface area contributed by atoms with E-state index in [1.165, 1.54) is 6.92 Å². The van der Waals surface area contributed by atoms with Crippen molar-refractivity contribution in [3.63, 3.8) is 0 Å². The number of rotatable bonds is 4. The van der Waals surface area contributed by atoms with Gasteiger partial charge in [0.1, 0.15) is 11.6 Å². The van der Waals surface area contributed by atoms with Gasteiger partial charge in [0.25, 0.3) is 0 Å². The number of hydrogen-bond acceptors (Lipinski definition) is 4. The van der Waals surface area contributed by atoms with Crippen molar-refractivity contribution in [1.29, 1.82) is 0 Å². The highest BCUT2D eigenvalue weighted by atomic mass is 16.3. The minimum Gasteiger partial charge on any atom is -0.390 e. The molecule has 0 unspecified atom stereocenters. The maximum absolute atomic E-state index is 11.2. The Balaban J connectivity index is 2.63. The maximum Gasteiger partial charge on any atom is 0.232 e. The number of aliphatic hydroxyl groups is 1. The molecule has 0 aliphatic heterocycles. The molecule has 0 fully saturated rings. The summed E-state index contributed by atoms with van der Waals surface area (Å²) in [6.07, 6.45) is -0.162. The van der Waals surface area contributed by atoms with Gasteiger partial charge in [0.05, 0.1) is 18.7 Å². The van der Waals surface area contributed by atoms with Crippen molar-refractivity contribution < 1.29 is 14.7 Å². The molecular weight excluding hydrogens is 196 g/mol. The monoisotopic (exact) mass is 208 g/mol. The Hall–Kier alpha value is -1.75. The number of aromatic nitrogens is 1. The van der Waals surface area contributed by atoms with Crippen LogP contribution in [0.15, 0.2) is 18.2 Å². The van der Waals surface area contributed by atoms with Gasteiger partial charge in [-0.05, 0) is 19.1 Å². The number of pyridine rings is 1. The average Bonchev–Trinajstić information content (AvgIpc) is 2.16. The van der Waals surface area contributed by atoms with Crippen molar-refractivity contribution in [3.8, 4) is 0 Å². The molecule has 0 atom stereocenters. The Labute approximate surface area is 87.1 Å². The van der Waals surface area contributed by atoms with Gasteiger partial charge in [0.15, 0.2) is 0 Å². The number of nitrogens with zero attached hydrogens (tertiary/aromatic N) is 1. The van der Waals surface area contributed by atoms with Gasteiger partial charge in [-0.2, -0.15) is 0 Å². The Morgan fingerprint density at radius 1 is 1.47 bits per heavy atom. The second-order valence-electron chi connectivity index (χ2n) is 3.10. The molecule has 80 valence electrons. The highest BCUT2D eigenvalue weighted by Gasteiger charge is 2.06. The van der Waals surface area contributed by atoms with Crippen LogP contribution in [0.5, 0.6) is 0 Å². The van der Waals surface area contributed by atoms with Crippen LogP contribution < -0.4 is 5.32 Å². The molecule has 0 aliphatic carbocycles. The fourth-order valence-corrected chi connectivity index (χ4v) is 1.05. The lowest BCUT2D eigenvalue weighted by Gasteiger charge is -2.03. The quantitative estimate of drug-likeness (QED) is 0.706. The van der Waals surface area contributed by atoms with E-state index in [4.69, 9.17) is 5.11 Å². The summed E-state index contributed by atoms with van der Waals surface area (Å²) in [7, 11) is 0. The Kier molecular flexibility index (Phi) is 3.93. The minimum absolute atomic E-state index is 0.162. The zero-order valence-corrected chi connectivity index (χ0v) is 8.36. The maximum atomic E-state index is 11.2. The lowest BCUT2D eigenvalue weighted by atomic mass is 10.3. The molecule has 0 saturated heterocycles. The first-order chi connectivity index (χ1) is 7.11. The number of hydrogen-bond donors (Lipinski definition) is 2. The normalized spacial score (nSPS) is 9.73. The highest BCUT2D eigenvalue weighted by Crippen LogP contribution is 2.05. The molecule has 2 N–H and O–H groups in total. The van der Waals surface area contributed by atoms with Gasteiger partial charge in [-0.25, -0.2) is 4.98 Å². The molecule has 5 nitrogen and oxygen atoms in total. The number of Topliss-reactive ketones (excluding diaryl/α,β-unsaturated/α-hetero) is 1. The van der Waals surface area contributed by atoms with Gasteiger partial charge >= 0.3 is 0 Å². The summed E-state index contributed by atoms with van der Waals surface area (Å²) in [6.45, 7) is 1.16. The van der Waals surface area contributed by atoms with Crippen LogP contribution in [0.3, 0.4) is 0 Å². The highest BCUT2D eigenvalue weighted by molar-refractivity contribution is 6.03. The molecule has 1 heterocycles. The van der Waals surface area contributed by atoms with Crippen LogP contribution in [0, 0.1) is 0 Å². The third-order valence-corrected chi connectivity index (χ3v) is 1.65. The Morgan fingerprint density at radius 3 is 2.80 bits per heavy atom. The first kappa shape index (κ1) is 11.3. The van der Waals surface area contributed by atoms with Crippen LogP contribution in [0.2, 0.25) is 0 Å². The number of carbonyl (C=O) groups is 2. The van der Waals surface area contributed by atoms with E-state index < -0.39 is 5.91 Å². The summed E-state index contributed by atoms with van der Waals surface area (Å²) in [5.74, 6) is -0.260. The van der Waals surface area contributed by atoms with Crippen molar-refractivity contribution in [2.45, 2.75) is 20.0 Å². The first-order valence-corrected chi connectivity index (χ1v) is 4.48. The number of nitrogens with one attached hydrogen (secondary N) is 1. The van der Waals surface area contributed by atoms with Crippen LogP contribution >= 0.6 is 0 Å². The predicted molar refractivity (Wildman–Crippen MR) is 54.1 cm³/mol. The van der Waals surface area contributed by atoms with E-state index >= 15 is 0 Å². The van der Waals surface area contributed by atoms with E-state index in [1.54, 1.807) is 18.2 Å². The molecule has 0 bridgehead atoms. The van der Waals surface area contributed by atoms with Gasteiger partial charge in [0, 0.05) is 0 Å². The van der Waals surface area contributed by atoms with Crippen LogP contribution in [0.25, 0.3) is 0 Å². The summed E-state index contributed by atoms with van der Waals surface area (Å²) >= 11 is 0. The molecule has 1 amide bonds. The summed E-state index contributed by atoms with van der Waals surface area (Å²) in [4.78, 5) is 25.8. The average molecular weight is 208 g/mol. The largest absolute Gasteiger partial charge is 0.390 e. The number of aliphatic hydroxyl groups excluding tert-OH is 1. The van der Waals surface area contributed by atoms with E-state index in [9.17, 15) is 9.59 Å². The second kappa shape index (κ2) is 5.21. The zero-order chi connectivity index (χ0) is 11.3. The third-order valence-electron chi connectivity index (χ3n) is 1.65. The number of ketones is 1. The van der Waals surface area contributed by atoms with Crippen LogP contribution in [-0.2, 0) is 16.2 Å². The van der Waals surface area contributed by atoms with Crippen molar-refractivity contribution in [2.75, 3.05) is 5.32 Å². The van der Waals surface area contributed by atoms with E-state index in [1.807, 2.05) is 0 Å². The molecule has 0 radical (unpaired) electrons. The van der Waals surface area contributed by atoms with Crippen molar-refractivity contribution in [2.24, 2.45) is 0 Å². The topological polar surface area (TPSA) is 79.3 Å². The molecule has 1 rings (SSSR count). The SMILES string of the molecule is CC(=O)CC(=O)Nc1cccc(CO)n1. The molecule has 1 aromatic heterocycles. The number of carbonyl (C=O) groups excluding carboxylic acids is 2. The summed E-state index contributed by atoms with van der Waals surface area (Å²) in [5, 5.41) is 11.3. The fraction of sp³-hybridized carbons (Fsp3) is 0.300. The van der Waals surface area contributed by atoms with Crippen LogP contribution in [0.1, 0.15) is 19.0 Å². The standard InChI is InChI=1S/C10H12N2O3/c1-7(14)5-10(15)12-9-4-2-3-8(6-13)11-9/h2-4,13H,5-6H2,1H3,(H,11,12,15). The zero-order valence-electron chi connectivity index (χ0n) is 8.36. The number of anilines is 1. The van der Waals surface area contributed by atoms with E-state index in [-0.39, 0.29) is 18.8 Å². The summed E-state index contributed by atoms with van der Waals surface area (Å²) in [5.41, 5.74) is 0.468. The lowest BCUT2D eigenvalue weighted by Crippen LogP contribution is -2.15. The molecule has 0 saturated carbocycles. The number of amides is 1. The molecule has 5 heteroatoms. The third kappa shape index (κ3) is 3.86. The molecule has 15 heavy (non-hydrogen) atoms. The van der Waals surface area contributed by atoms with E-state index in [2.05, 4.69) is 10.3 Å². The minimum atomic E-state index is -0.398. The van der Waals surface area contributed by atoms with Crippen LogP contribution in [-0.4, -0.2) is 21.8 Å². The van der Waals surface area contributed by atoms with Gasteiger partial charge in [-0.3, -0.25) is 9.59 Å². The Morgan fingerprint density at radius 2 is 2.20 bits per heavy atom. The first-order valence-electron chi connectivity index (χ1n) is 4.48. The smallest absolute Gasteiger partial charge is 0.232 e. The van der Waals surface area contributed by atoms with E-state index in [0.717, 1.165) is 0 Å². The van der Waals surface area contributed by atoms with Crippen molar-refractivity contribution in [3.05, 3.63) is 23.9 Å². The fourth-order valence-electron chi connectivity index (χ4n) is 1.05. The van der Waals surface area contributed by atoms with E-state index in [0.29, 0.717) is 11.5 Å². The summed E-state index contributed by atoms with van der Waals surface area (Å²) in [6, 6.07) is 4.90. The van der Waals surface area contributed by atoms with Crippen molar-refractivity contribution >= 4 is 17.5 Å². The molecule has 1 aromatic rings. The lowest BCUT2D eigenvalue weighted by molar-refractivity contribution is -0.124. The molecule has 0 aliphatic rings. The molecular formula is C10H12N2O3. The van der Waals surface area contributed by atoms with Crippen LogP contribution in [0.4, 0.5) is 5.82 Å². The van der Waals surface area contributed by atoms with Gasteiger partial charge < -0.3 is 10.4 Å². The van der Waals surface area contributed by atoms with Gasteiger partial charge in [-0.15, -0.1) is 0 Å². The van der Waals surface area contributed by atoms with Gasteiger partial charge in [-0.1, -0.05) is 6.07 Å². The second-order valence-corrected chi connectivity index (χ2v) is 3.10. The Bertz CT molecular complexity index is 377. The molecule has 0 spiro atoms. The predicted octanol–water partition coefficient (Wildman–Crippen LogP) is 0.491. The van der Waals surface area contributed by atoms with Crippen molar-refractivity contribution in [1.82, 2.24) is 4.98 Å².